The van der Waals surface area contributed by atoms with Gasteiger partial charge in [-0.3, -0.25) is 4.98 Å². The van der Waals surface area contributed by atoms with Gasteiger partial charge in [-0.2, -0.15) is 0 Å². The predicted octanol–water partition coefficient (Wildman–Crippen LogP) is 3.88. The van der Waals surface area contributed by atoms with Crippen LogP contribution in [0.1, 0.15) is 42.4 Å². The molecular weight excluding hydrogens is 254 g/mol. The Kier molecular flexibility index (Phi) is 4.66. The summed E-state index contributed by atoms with van der Waals surface area (Å²) >= 11 is 1.77. The molecule has 4 heteroatoms. The SMILES string of the molecule is CCCNC(C)c1sc(-c2cnccc2C)nc1C. The Hall–Kier alpha value is -1.26. The van der Waals surface area contributed by atoms with Crippen LogP contribution in [-0.4, -0.2) is 16.5 Å². The zero-order chi connectivity index (χ0) is 13.8. The zero-order valence-electron chi connectivity index (χ0n) is 12.0. The number of rotatable bonds is 5. The molecule has 0 aromatic carbocycles. The van der Waals surface area contributed by atoms with Gasteiger partial charge in [0.15, 0.2) is 0 Å². The van der Waals surface area contributed by atoms with Gasteiger partial charge in [0.05, 0.1) is 5.69 Å². The van der Waals surface area contributed by atoms with Crippen LogP contribution in [-0.2, 0) is 0 Å². The summed E-state index contributed by atoms with van der Waals surface area (Å²) in [6, 6.07) is 2.40. The number of hydrogen-bond acceptors (Lipinski definition) is 4. The number of nitrogens with zero attached hydrogens (tertiary/aromatic N) is 2. The first kappa shape index (κ1) is 14.2. The molecule has 19 heavy (non-hydrogen) atoms. The lowest BCUT2D eigenvalue weighted by molar-refractivity contribution is 0.575. The van der Waals surface area contributed by atoms with Gasteiger partial charge in [-0.05, 0) is 45.4 Å². The van der Waals surface area contributed by atoms with Crippen molar-refractivity contribution in [1.29, 1.82) is 0 Å². The first-order valence-corrected chi connectivity index (χ1v) is 7.56. The number of hydrogen-bond donors (Lipinski definition) is 1. The predicted molar refractivity (Wildman–Crippen MR) is 81.5 cm³/mol. The molecule has 102 valence electrons. The largest absolute Gasteiger partial charge is 0.309 e. The molecule has 0 aliphatic heterocycles. The minimum absolute atomic E-state index is 0.364. The first-order valence-electron chi connectivity index (χ1n) is 6.75. The minimum Gasteiger partial charge on any atom is -0.309 e. The van der Waals surface area contributed by atoms with Crippen LogP contribution in [0.25, 0.3) is 10.6 Å². The van der Waals surface area contributed by atoms with Crippen LogP contribution in [0, 0.1) is 13.8 Å². The minimum atomic E-state index is 0.364. The molecule has 0 fully saturated rings. The molecule has 0 amide bonds. The molecular formula is C15H21N3S. The van der Waals surface area contributed by atoms with E-state index < -0.39 is 0 Å². The molecule has 0 saturated carbocycles. The molecule has 3 nitrogen and oxygen atoms in total. The van der Waals surface area contributed by atoms with Gasteiger partial charge in [-0.1, -0.05) is 6.92 Å². The van der Waals surface area contributed by atoms with Crippen LogP contribution in [0.4, 0.5) is 0 Å². The van der Waals surface area contributed by atoms with E-state index in [0.29, 0.717) is 6.04 Å². The van der Waals surface area contributed by atoms with Crippen LogP contribution in [0.5, 0.6) is 0 Å². The van der Waals surface area contributed by atoms with E-state index in [1.165, 1.54) is 10.4 Å². The van der Waals surface area contributed by atoms with Crippen LogP contribution < -0.4 is 5.32 Å². The van der Waals surface area contributed by atoms with Crippen molar-refractivity contribution in [3.05, 3.63) is 34.6 Å². The topological polar surface area (TPSA) is 37.8 Å². The van der Waals surface area contributed by atoms with Crippen LogP contribution >= 0.6 is 11.3 Å². The lowest BCUT2D eigenvalue weighted by atomic mass is 10.2. The summed E-state index contributed by atoms with van der Waals surface area (Å²) in [7, 11) is 0. The van der Waals surface area contributed by atoms with Crippen LogP contribution in [0.2, 0.25) is 0 Å². The standard InChI is InChI=1S/C15H21N3S/c1-5-7-17-11(3)14-12(4)18-15(19-14)13-9-16-8-6-10(13)2/h6,8-9,11,17H,5,7H2,1-4H3. The average molecular weight is 275 g/mol. The first-order chi connectivity index (χ1) is 9.13. The van der Waals surface area contributed by atoms with E-state index in [9.17, 15) is 0 Å². The number of aryl methyl sites for hydroxylation is 2. The molecule has 2 rings (SSSR count). The molecule has 2 heterocycles. The van der Waals surface area contributed by atoms with Crippen molar-refractivity contribution in [2.45, 2.75) is 40.2 Å². The number of aromatic nitrogens is 2. The molecule has 0 saturated heterocycles. The van der Waals surface area contributed by atoms with Gasteiger partial charge in [0, 0.05) is 28.9 Å². The Bertz CT molecular complexity index is 548. The van der Waals surface area contributed by atoms with Gasteiger partial charge >= 0.3 is 0 Å². The summed E-state index contributed by atoms with van der Waals surface area (Å²) in [5, 5.41) is 4.60. The molecule has 2 aromatic heterocycles. The lowest BCUT2D eigenvalue weighted by Gasteiger charge is -2.11. The highest BCUT2D eigenvalue weighted by Gasteiger charge is 2.15. The summed E-state index contributed by atoms with van der Waals surface area (Å²) in [5.41, 5.74) is 3.49. The van der Waals surface area contributed by atoms with Crippen molar-refractivity contribution in [3.63, 3.8) is 0 Å². The smallest absolute Gasteiger partial charge is 0.125 e. The Morgan fingerprint density at radius 2 is 2.16 bits per heavy atom. The Balaban J connectivity index is 2.28. The maximum absolute atomic E-state index is 4.71. The quantitative estimate of drug-likeness (QED) is 0.899. The van der Waals surface area contributed by atoms with Gasteiger partial charge in [0.25, 0.3) is 0 Å². The molecule has 1 unspecified atom stereocenters. The summed E-state index contributed by atoms with van der Waals surface area (Å²) < 4.78 is 0. The van der Waals surface area contributed by atoms with Crippen molar-refractivity contribution in [2.24, 2.45) is 0 Å². The van der Waals surface area contributed by atoms with Crippen molar-refractivity contribution >= 4 is 11.3 Å². The average Bonchev–Trinajstić information content (AvgIpc) is 2.78. The van der Waals surface area contributed by atoms with E-state index in [4.69, 9.17) is 4.98 Å². The molecule has 0 aliphatic carbocycles. The van der Waals surface area contributed by atoms with E-state index in [1.54, 1.807) is 11.3 Å². The van der Waals surface area contributed by atoms with Crippen LogP contribution in [0.3, 0.4) is 0 Å². The second kappa shape index (κ2) is 6.26. The molecule has 0 bridgehead atoms. The molecule has 1 N–H and O–H groups in total. The lowest BCUT2D eigenvalue weighted by Crippen LogP contribution is -2.18. The van der Waals surface area contributed by atoms with E-state index in [-0.39, 0.29) is 0 Å². The maximum Gasteiger partial charge on any atom is 0.125 e. The molecule has 2 aromatic rings. The van der Waals surface area contributed by atoms with Gasteiger partial charge in [0.1, 0.15) is 5.01 Å². The highest BCUT2D eigenvalue weighted by atomic mass is 32.1. The third-order valence-corrected chi connectivity index (χ3v) is 4.57. The third-order valence-electron chi connectivity index (χ3n) is 3.20. The summed E-state index contributed by atoms with van der Waals surface area (Å²) in [6.07, 6.45) is 4.88. The Morgan fingerprint density at radius 1 is 1.37 bits per heavy atom. The third kappa shape index (κ3) is 3.19. The monoisotopic (exact) mass is 275 g/mol. The highest BCUT2D eigenvalue weighted by Crippen LogP contribution is 2.32. The molecule has 0 radical (unpaired) electrons. The molecule has 1 atom stereocenters. The summed E-state index contributed by atoms with van der Waals surface area (Å²) in [6.45, 7) is 9.62. The van der Waals surface area contributed by atoms with Crippen LogP contribution in [0.15, 0.2) is 18.5 Å². The highest BCUT2D eigenvalue weighted by molar-refractivity contribution is 7.15. The normalized spacial score (nSPS) is 12.6. The number of thiazole rings is 1. The van der Waals surface area contributed by atoms with E-state index in [1.807, 2.05) is 18.5 Å². The van der Waals surface area contributed by atoms with E-state index in [2.05, 4.69) is 38.0 Å². The Morgan fingerprint density at radius 3 is 2.84 bits per heavy atom. The summed E-state index contributed by atoms with van der Waals surface area (Å²) in [4.78, 5) is 10.2. The van der Waals surface area contributed by atoms with Crippen molar-refractivity contribution in [3.8, 4) is 10.6 Å². The maximum atomic E-state index is 4.71. The van der Waals surface area contributed by atoms with E-state index >= 15 is 0 Å². The number of nitrogens with one attached hydrogen (secondary N) is 1. The van der Waals surface area contributed by atoms with Crippen molar-refractivity contribution in [1.82, 2.24) is 15.3 Å². The van der Waals surface area contributed by atoms with Crippen molar-refractivity contribution < 1.29 is 0 Å². The van der Waals surface area contributed by atoms with E-state index in [0.717, 1.165) is 29.2 Å². The number of pyridine rings is 1. The zero-order valence-corrected chi connectivity index (χ0v) is 12.8. The second-order valence-electron chi connectivity index (χ2n) is 4.84. The fourth-order valence-corrected chi connectivity index (χ4v) is 3.23. The fraction of sp³-hybridized carbons (Fsp3) is 0.467. The fourth-order valence-electron chi connectivity index (χ4n) is 2.07. The van der Waals surface area contributed by atoms with Crippen molar-refractivity contribution in [2.75, 3.05) is 6.54 Å². The van der Waals surface area contributed by atoms with Gasteiger partial charge in [-0.15, -0.1) is 11.3 Å². The second-order valence-corrected chi connectivity index (χ2v) is 5.87. The summed E-state index contributed by atoms with van der Waals surface area (Å²) in [5.74, 6) is 0. The van der Waals surface area contributed by atoms with Gasteiger partial charge < -0.3 is 5.32 Å². The van der Waals surface area contributed by atoms with Gasteiger partial charge in [0.2, 0.25) is 0 Å². The molecule has 0 spiro atoms. The Labute approximate surface area is 119 Å². The molecule has 0 aliphatic rings. The van der Waals surface area contributed by atoms with Gasteiger partial charge in [-0.25, -0.2) is 4.98 Å².